The molecule has 2 aromatic carbocycles. The van der Waals surface area contributed by atoms with Gasteiger partial charge in [0.05, 0.1) is 6.54 Å². The van der Waals surface area contributed by atoms with Gasteiger partial charge in [0.15, 0.2) is 11.6 Å². The summed E-state index contributed by atoms with van der Waals surface area (Å²) >= 11 is 0. The number of benzene rings is 2. The van der Waals surface area contributed by atoms with Crippen LogP contribution in [0.25, 0.3) is 0 Å². The van der Waals surface area contributed by atoms with Gasteiger partial charge in [-0.25, -0.2) is 18.0 Å². The highest BCUT2D eigenvalue weighted by molar-refractivity contribution is 5.87. The monoisotopic (exact) mass is 404 g/mol. The van der Waals surface area contributed by atoms with E-state index in [1.54, 1.807) is 18.2 Å². The Bertz CT molecular complexity index is 913. The van der Waals surface area contributed by atoms with Gasteiger partial charge in [-0.3, -0.25) is 9.80 Å². The highest BCUT2D eigenvalue weighted by Crippen LogP contribution is 2.31. The fourth-order valence-corrected chi connectivity index (χ4v) is 4.15. The van der Waals surface area contributed by atoms with E-state index >= 15 is 0 Å². The largest absolute Gasteiger partial charge is 0.444 e. The average molecular weight is 404 g/mol. The van der Waals surface area contributed by atoms with E-state index in [0.717, 1.165) is 37.6 Å². The lowest BCUT2D eigenvalue weighted by Crippen LogP contribution is -2.53. The van der Waals surface area contributed by atoms with Gasteiger partial charge in [0.2, 0.25) is 0 Å². The molecule has 3 aliphatic rings. The summed E-state index contributed by atoms with van der Waals surface area (Å²) < 4.78 is 47.0. The molecule has 5 rings (SSSR count). The Kier molecular flexibility index (Phi) is 5.50. The molecule has 1 atom stereocenters. The van der Waals surface area contributed by atoms with Crippen LogP contribution in [0.2, 0.25) is 0 Å². The topological polar surface area (TPSA) is 32.8 Å². The normalized spacial score (nSPS) is 23.1. The first-order chi connectivity index (χ1) is 13.9. The Balaban J connectivity index is 1.60. The number of hydrogen-bond donors (Lipinski definition) is 0. The number of piperidine rings is 3. The minimum absolute atomic E-state index is 0.115. The molecule has 3 saturated heterocycles. The summed E-state index contributed by atoms with van der Waals surface area (Å²) in [7, 11) is 0. The first-order valence-corrected chi connectivity index (χ1v) is 9.81. The van der Waals surface area contributed by atoms with E-state index in [-0.39, 0.29) is 18.2 Å². The average Bonchev–Trinajstić information content (AvgIpc) is 2.70. The summed E-state index contributed by atoms with van der Waals surface area (Å²) in [4.78, 5) is 16.6. The van der Waals surface area contributed by atoms with Crippen molar-refractivity contribution in [2.45, 2.75) is 32.4 Å². The van der Waals surface area contributed by atoms with E-state index in [1.165, 1.54) is 4.90 Å². The molecule has 1 amide bonds. The van der Waals surface area contributed by atoms with Crippen LogP contribution in [0.5, 0.6) is 0 Å². The molecule has 29 heavy (non-hydrogen) atoms. The van der Waals surface area contributed by atoms with Crippen molar-refractivity contribution >= 4 is 11.8 Å². The molecule has 0 aliphatic carbocycles. The van der Waals surface area contributed by atoms with Crippen LogP contribution in [0.4, 0.5) is 23.7 Å². The van der Waals surface area contributed by atoms with E-state index in [1.807, 2.05) is 13.0 Å². The van der Waals surface area contributed by atoms with Gasteiger partial charge < -0.3 is 4.74 Å². The molecular weight excluding hydrogens is 381 g/mol. The Labute approximate surface area is 167 Å². The van der Waals surface area contributed by atoms with Crippen LogP contribution < -0.4 is 4.90 Å². The molecule has 0 N–H and O–H groups in total. The van der Waals surface area contributed by atoms with Gasteiger partial charge in [0, 0.05) is 23.9 Å². The number of fused-ring (bicyclic) bond motifs is 3. The van der Waals surface area contributed by atoms with E-state index < -0.39 is 23.5 Å². The Morgan fingerprint density at radius 1 is 1.10 bits per heavy atom. The van der Waals surface area contributed by atoms with Crippen LogP contribution in [-0.4, -0.2) is 36.7 Å². The first kappa shape index (κ1) is 19.8. The number of anilines is 1. The number of amides is 1. The number of hydrogen-bond acceptors (Lipinski definition) is 3. The molecule has 0 unspecified atom stereocenters. The smallest absolute Gasteiger partial charge is 0.414 e. The zero-order valence-electron chi connectivity index (χ0n) is 16.2. The fourth-order valence-electron chi connectivity index (χ4n) is 4.15. The summed E-state index contributed by atoms with van der Waals surface area (Å²) in [6, 6.07) is 8.42. The fraction of sp³-hybridized carbons (Fsp3) is 0.409. The van der Waals surface area contributed by atoms with E-state index in [0.29, 0.717) is 24.2 Å². The lowest BCUT2D eigenvalue weighted by atomic mass is 9.86. The number of ether oxygens (including phenoxy) is 1. The summed E-state index contributed by atoms with van der Waals surface area (Å²) in [6.45, 7) is 4.34. The maximum absolute atomic E-state index is 14.2. The van der Waals surface area contributed by atoms with Gasteiger partial charge in [-0.15, -0.1) is 0 Å². The highest BCUT2D eigenvalue weighted by atomic mass is 19.2. The van der Waals surface area contributed by atoms with Gasteiger partial charge in [-0.1, -0.05) is 12.1 Å². The van der Waals surface area contributed by atoms with Gasteiger partial charge in [-0.2, -0.15) is 0 Å². The first-order valence-electron chi connectivity index (χ1n) is 9.81. The second kappa shape index (κ2) is 8.06. The van der Waals surface area contributed by atoms with Crippen LogP contribution in [0.3, 0.4) is 0 Å². The van der Waals surface area contributed by atoms with Gasteiger partial charge in [0.25, 0.3) is 0 Å². The van der Waals surface area contributed by atoms with Crippen molar-refractivity contribution in [3.05, 3.63) is 65.0 Å². The molecular formula is C22H23F3N2O2. The maximum atomic E-state index is 14.2. The Hall–Kier alpha value is -2.54. The van der Waals surface area contributed by atoms with Crippen LogP contribution in [0, 0.1) is 30.3 Å². The third-order valence-corrected chi connectivity index (χ3v) is 5.80. The summed E-state index contributed by atoms with van der Waals surface area (Å²) in [5, 5.41) is 0. The molecule has 3 fully saturated rings. The van der Waals surface area contributed by atoms with Gasteiger partial charge in [-0.05, 0) is 62.5 Å². The van der Waals surface area contributed by atoms with Crippen molar-refractivity contribution in [3.63, 3.8) is 0 Å². The summed E-state index contributed by atoms with van der Waals surface area (Å²) in [6.07, 6.45) is 1.14. The van der Waals surface area contributed by atoms with Crippen molar-refractivity contribution < 1.29 is 22.7 Å². The van der Waals surface area contributed by atoms with E-state index in [9.17, 15) is 18.0 Å². The molecule has 0 saturated carbocycles. The van der Waals surface area contributed by atoms with Crippen LogP contribution in [0.15, 0.2) is 36.4 Å². The van der Waals surface area contributed by atoms with Crippen molar-refractivity contribution in [2.75, 3.05) is 24.5 Å². The molecule has 4 nitrogen and oxygen atoms in total. The zero-order valence-corrected chi connectivity index (χ0v) is 16.2. The summed E-state index contributed by atoms with van der Waals surface area (Å²) in [5.74, 6) is -3.00. The van der Waals surface area contributed by atoms with Gasteiger partial charge in [0.1, 0.15) is 11.9 Å². The molecule has 0 aromatic heterocycles. The second-order valence-corrected chi connectivity index (χ2v) is 7.84. The molecule has 3 aliphatic heterocycles. The number of halogens is 3. The van der Waals surface area contributed by atoms with E-state index in [2.05, 4.69) is 4.90 Å². The maximum Gasteiger partial charge on any atom is 0.414 e. The third-order valence-electron chi connectivity index (χ3n) is 5.80. The van der Waals surface area contributed by atoms with Crippen molar-refractivity contribution in [1.82, 2.24) is 4.90 Å². The Morgan fingerprint density at radius 3 is 2.48 bits per heavy atom. The minimum atomic E-state index is -1.26. The highest BCUT2D eigenvalue weighted by Gasteiger charge is 2.37. The summed E-state index contributed by atoms with van der Waals surface area (Å²) in [5.41, 5.74) is 1.31. The molecule has 0 spiro atoms. The third kappa shape index (κ3) is 4.24. The predicted octanol–water partition coefficient (Wildman–Crippen LogP) is 4.65. The van der Waals surface area contributed by atoms with Crippen molar-refractivity contribution in [1.29, 1.82) is 0 Å². The quantitative estimate of drug-likeness (QED) is 0.696. The van der Waals surface area contributed by atoms with E-state index in [4.69, 9.17) is 4.74 Å². The van der Waals surface area contributed by atoms with Crippen molar-refractivity contribution in [3.8, 4) is 0 Å². The second-order valence-electron chi connectivity index (χ2n) is 7.84. The number of carbonyl (C=O) groups excluding carboxylic acids is 1. The lowest BCUT2D eigenvalue weighted by Gasteiger charge is -2.44. The minimum Gasteiger partial charge on any atom is -0.444 e. The molecule has 154 valence electrons. The standard InChI is InChI=1S/C22H23F3N2O2/c1-14-3-2-4-17(9-14)27(12-16-10-19(24)20(25)11-18(16)23)22(28)29-21-13-26-7-5-15(21)6-8-26/h2-4,9-11,15,21H,5-8,12-13H2,1H3/t21-/m0/s1. The van der Waals surface area contributed by atoms with Crippen LogP contribution in [-0.2, 0) is 11.3 Å². The number of rotatable bonds is 4. The predicted molar refractivity (Wildman–Crippen MR) is 103 cm³/mol. The molecule has 2 bridgehead atoms. The SMILES string of the molecule is Cc1cccc(N(Cc2cc(F)c(F)cc2F)C(=O)O[C@H]2CN3CCC2CC3)c1. The van der Waals surface area contributed by atoms with Gasteiger partial charge >= 0.3 is 6.09 Å². The molecule has 0 radical (unpaired) electrons. The van der Waals surface area contributed by atoms with Crippen LogP contribution in [0.1, 0.15) is 24.0 Å². The lowest BCUT2D eigenvalue weighted by molar-refractivity contribution is -0.0311. The molecule has 7 heteroatoms. The van der Waals surface area contributed by atoms with Crippen molar-refractivity contribution in [2.24, 2.45) is 5.92 Å². The Morgan fingerprint density at radius 2 is 1.83 bits per heavy atom. The number of carbonyl (C=O) groups is 1. The molecule has 3 heterocycles. The molecule has 2 aromatic rings. The zero-order chi connectivity index (χ0) is 20.5. The number of aryl methyl sites for hydroxylation is 1. The number of nitrogens with zero attached hydrogens (tertiary/aromatic N) is 2. The van der Waals surface area contributed by atoms with Crippen LogP contribution >= 0.6 is 0 Å².